The van der Waals surface area contributed by atoms with E-state index in [1.54, 1.807) is 7.11 Å². The van der Waals surface area contributed by atoms with Crippen molar-refractivity contribution in [2.45, 2.75) is 38.2 Å². The normalized spacial score (nSPS) is 17.8. The number of aliphatic hydroxyl groups excluding tert-OH is 1. The van der Waals surface area contributed by atoms with Crippen LogP contribution in [0.5, 0.6) is 5.75 Å². The third-order valence-corrected chi connectivity index (χ3v) is 6.20. The molecule has 9 nitrogen and oxygen atoms in total. The van der Waals surface area contributed by atoms with Crippen LogP contribution >= 0.6 is 0 Å². The number of carbonyl (C=O) groups excluding carboxylic acids is 1. The smallest absolute Gasteiger partial charge is 0.275 e. The first-order chi connectivity index (χ1) is 16.1. The van der Waals surface area contributed by atoms with E-state index in [9.17, 15) is 9.90 Å². The van der Waals surface area contributed by atoms with Crippen molar-refractivity contribution in [3.63, 3.8) is 0 Å². The second-order valence-corrected chi connectivity index (χ2v) is 8.50. The number of hydrogen-bond acceptors (Lipinski definition) is 6. The molecule has 4 aromatic rings. The molecule has 2 aromatic carbocycles. The van der Waals surface area contributed by atoms with Crippen molar-refractivity contribution >= 4 is 22.8 Å². The van der Waals surface area contributed by atoms with Crippen molar-refractivity contribution in [2.75, 3.05) is 12.0 Å². The maximum absolute atomic E-state index is 13.0. The van der Waals surface area contributed by atoms with E-state index >= 15 is 0 Å². The van der Waals surface area contributed by atoms with Gasteiger partial charge in [0.1, 0.15) is 17.4 Å². The van der Waals surface area contributed by atoms with Crippen molar-refractivity contribution in [3.05, 3.63) is 71.4 Å². The molecule has 1 atom stereocenters. The number of hydrogen-bond donors (Lipinski definition) is 3. The highest BCUT2D eigenvalue weighted by Crippen LogP contribution is 2.37. The minimum atomic E-state index is -1.07. The number of methoxy groups -OCH3 is 1. The van der Waals surface area contributed by atoms with Gasteiger partial charge in [-0.25, -0.2) is 9.97 Å². The maximum atomic E-state index is 13.0. The van der Waals surface area contributed by atoms with Gasteiger partial charge in [-0.1, -0.05) is 30.3 Å². The Labute approximate surface area is 190 Å². The summed E-state index contributed by atoms with van der Waals surface area (Å²) in [4.78, 5) is 27.7. The summed E-state index contributed by atoms with van der Waals surface area (Å²) in [6.07, 6.45) is 1.29. The van der Waals surface area contributed by atoms with E-state index in [-0.39, 0.29) is 11.9 Å². The van der Waals surface area contributed by atoms with Gasteiger partial charge in [-0.2, -0.15) is 0 Å². The summed E-state index contributed by atoms with van der Waals surface area (Å²) in [5.41, 5.74) is 3.25. The number of aromatic nitrogens is 4. The molecule has 0 spiro atoms. The topological polar surface area (TPSA) is 108 Å². The number of nitrogens with zero attached hydrogens (tertiary/aromatic N) is 4. The first kappa shape index (κ1) is 19.8. The van der Waals surface area contributed by atoms with Gasteiger partial charge in [0.05, 0.1) is 24.6 Å². The molecule has 2 aromatic heterocycles. The Hall–Kier alpha value is -3.85. The molecule has 1 amide bonds. The molecule has 1 fully saturated rings. The lowest BCUT2D eigenvalue weighted by Crippen LogP contribution is -2.54. The third kappa shape index (κ3) is 3.50. The number of amides is 1. The van der Waals surface area contributed by atoms with Crippen LogP contribution < -0.4 is 15.0 Å². The summed E-state index contributed by atoms with van der Waals surface area (Å²) in [7, 11) is 1.63. The van der Waals surface area contributed by atoms with Crippen molar-refractivity contribution in [2.24, 2.45) is 0 Å². The molecule has 2 aliphatic rings. The molecular weight excluding hydrogens is 420 g/mol. The summed E-state index contributed by atoms with van der Waals surface area (Å²) in [6.45, 7) is 0.495. The van der Waals surface area contributed by atoms with E-state index < -0.39 is 6.35 Å². The van der Waals surface area contributed by atoms with Gasteiger partial charge in [0, 0.05) is 18.7 Å². The lowest BCUT2D eigenvalue weighted by atomic mass is 10.2. The Bertz CT molecular complexity index is 1340. The molecule has 1 aliphatic heterocycles. The fourth-order valence-corrected chi connectivity index (χ4v) is 4.46. The minimum Gasteiger partial charge on any atom is -0.497 e. The Morgan fingerprint density at radius 2 is 1.97 bits per heavy atom. The second-order valence-electron chi connectivity index (χ2n) is 8.50. The fourth-order valence-electron chi connectivity index (χ4n) is 4.46. The second kappa shape index (κ2) is 7.63. The third-order valence-electron chi connectivity index (χ3n) is 6.20. The Kier molecular flexibility index (Phi) is 4.58. The van der Waals surface area contributed by atoms with Gasteiger partial charge in [-0.3, -0.25) is 4.79 Å². The number of anilines is 1. The van der Waals surface area contributed by atoms with Gasteiger partial charge in [-0.15, -0.1) is 0 Å². The number of ether oxygens (including phenoxy) is 1. The molecule has 3 N–H and O–H groups in total. The standard InChI is InChI=1S/C24H24N6O3/c1-33-16-9-10-17-18(11-16)26-19(25-17)12-20-27-22-21(29(20)13-14-5-3-2-4-6-14)23(31)28-24(32)30(22)15-7-8-15/h2-6,9-11,15,24,32H,7-8,12-13H2,1H3,(H,25,26)(H,28,31). The fraction of sp³-hybridized carbons (Fsp3) is 0.292. The van der Waals surface area contributed by atoms with Crippen LogP contribution in [-0.2, 0) is 13.0 Å². The monoisotopic (exact) mass is 444 g/mol. The first-order valence-corrected chi connectivity index (χ1v) is 11.0. The van der Waals surface area contributed by atoms with Gasteiger partial charge in [0.15, 0.2) is 11.5 Å². The molecule has 1 unspecified atom stereocenters. The first-order valence-electron chi connectivity index (χ1n) is 11.0. The van der Waals surface area contributed by atoms with Crippen LogP contribution in [0.3, 0.4) is 0 Å². The number of rotatable bonds is 6. The zero-order valence-electron chi connectivity index (χ0n) is 18.2. The van der Waals surface area contributed by atoms with E-state index in [1.165, 1.54) is 0 Å². The van der Waals surface area contributed by atoms with Crippen LogP contribution in [-0.4, -0.2) is 50.0 Å². The number of nitrogens with one attached hydrogen (secondary N) is 2. The van der Waals surface area contributed by atoms with Gasteiger partial charge >= 0.3 is 0 Å². The van der Waals surface area contributed by atoms with Gasteiger partial charge < -0.3 is 29.6 Å². The molecule has 3 heterocycles. The Morgan fingerprint density at radius 3 is 2.73 bits per heavy atom. The van der Waals surface area contributed by atoms with Crippen molar-refractivity contribution < 1.29 is 14.6 Å². The van der Waals surface area contributed by atoms with Gasteiger partial charge in [0.25, 0.3) is 5.91 Å². The summed E-state index contributed by atoms with van der Waals surface area (Å²) in [6, 6.07) is 15.9. The van der Waals surface area contributed by atoms with E-state index in [0.29, 0.717) is 30.3 Å². The number of benzene rings is 2. The quantitative estimate of drug-likeness (QED) is 0.422. The number of aromatic amines is 1. The van der Waals surface area contributed by atoms with Crippen LogP contribution in [0, 0.1) is 0 Å². The largest absolute Gasteiger partial charge is 0.497 e. The number of carbonyl (C=O) groups is 1. The molecule has 9 heteroatoms. The summed E-state index contributed by atoms with van der Waals surface area (Å²) in [5.74, 6) is 2.43. The average molecular weight is 444 g/mol. The minimum absolute atomic E-state index is 0.186. The molecule has 1 aliphatic carbocycles. The molecule has 33 heavy (non-hydrogen) atoms. The van der Waals surface area contributed by atoms with E-state index in [1.807, 2.05) is 58.0 Å². The van der Waals surface area contributed by atoms with Crippen molar-refractivity contribution in [3.8, 4) is 5.75 Å². The number of imidazole rings is 2. The molecular formula is C24H24N6O3. The highest BCUT2D eigenvalue weighted by molar-refractivity contribution is 5.99. The van der Waals surface area contributed by atoms with Crippen LogP contribution in [0.25, 0.3) is 11.0 Å². The number of H-pyrrole nitrogens is 1. The predicted molar refractivity (Wildman–Crippen MR) is 122 cm³/mol. The van der Waals surface area contributed by atoms with Crippen LogP contribution in [0.4, 0.5) is 5.82 Å². The van der Waals surface area contributed by atoms with Crippen LogP contribution in [0.2, 0.25) is 0 Å². The average Bonchev–Trinajstić information content (AvgIpc) is 3.47. The molecule has 168 valence electrons. The summed E-state index contributed by atoms with van der Waals surface area (Å²) < 4.78 is 7.25. The number of fused-ring (bicyclic) bond motifs is 2. The van der Waals surface area contributed by atoms with Crippen LogP contribution in [0.15, 0.2) is 48.5 Å². The maximum Gasteiger partial charge on any atom is 0.275 e. The van der Waals surface area contributed by atoms with Gasteiger partial charge in [0.2, 0.25) is 6.35 Å². The number of aliphatic hydroxyl groups is 1. The molecule has 0 saturated heterocycles. The Morgan fingerprint density at radius 1 is 1.15 bits per heavy atom. The summed E-state index contributed by atoms with van der Waals surface area (Å²) in [5, 5.41) is 13.2. The van der Waals surface area contributed by atoms with Gasteiger partial charge in [-0.05, 0) is 30.5 Å². The molecule has 0 radical (unpaired) electrons. The summed E-state index contributed by atoms with van der Waals surface area (Å²) >= 11 is 0. The van der Waals surface area contributed by atoms with Crippen molar-refractivity contribution in [1.29, 1.82) is 0 Å². The van der Waals surface area contributed by atoms with Crippen molar-refractivity contribution in [1.82, 2.24) is 24.8 Å². The van der Waals surface area contributed by atoms with E-state index in [0.717, 1.165) is 41.0 Å². The zero-order chi connectivity index (χ0) is 22.5. The van der Waals surface area contributed by atoms with E-state index in [2.05, 4.69) is 10.3 Å². The van der Waals surface area contributed by atoms with E-state index in [4.69, 9.17) is 14.7 Å². The SMILES string of the molecule is COc1ccc2nc(Cc3nc4c(n3Cc3ccccc3)C(=O)NC(O)N4C3CC3)[nH]c2c1. The highest BCUT2D eigenvalue weighted by Gasteiger charge is 2.43. The predicted octanol–water partition coefficient (Wildman–Crippen LogP) is 2.40. The van der Waals surface area contributed by atoms with Crippen LogP contribution in [0.1, 0.15) is 40.5 Å². The zero-order valence-corrected chi connectivity index (χ0v) is 18.2. The molecule has 1 saturated carbocycles. The molecule has 6 rings (SSSR count). The molecule has 0 bridgehead atoms. The highest BCUT2D eigenvalue weighted by atomic mass is 16.5. The lowest BCUT2D eigenvalue weighted by Gasteiger charge is -2.33. The lowest BCUT2D eigenvalue weighted by molar-refractivity contribution is 0.0728. The Balaban J connectivity index is 1.44.